The number of anilines is 1. The number of hydrogen-bond acceptors (Lipinski definition) is 3. The van der Waals surface area contributed by atoms with Crippen molar-refractivity contribution in [1.82, 2.24) is 14.8 Å². The Morgan fingerprint density at radius 2 is 2.25 bits per heavy atom. The summed E-state index contributed by atoms with van der Waals surface area (Å²) < 4.78 is 1.74. The van der Waals surface area contributed by atoms with Crippen molar-refractivity contribution in [1.29, 1.82) is 0 Å². The molecule has 0 radical (unpaired) electrons. The number of rotatable bonds is 0. The fourth-order valence-corrected chi connectivity index (χ4v) is 1.30. The summed E-state index contributed by atoms with van der Waals surface area (Å²) in [6.07, 6.45) is 1.86. The largest absolute Gasteiger partial charge is 0.384 e. The molecule has 12 heavy (non-hydrogen) atoms. The first-order valence-electron chi connectivity index (χ1n) is 3.73. The molecule has 0 bridgehead atoms. The van der Waals surface area contributed by atoms with Gasteiger partial charge in [-0.05, 0) is 18.6 Å². The van der Waals surface area contributed by atoms with Crippen LogP contribution in [-0.2, 0) is 7.05 Å². The summed E-state index contributed by atoms with van der Waals surface area (Å²) in [6.45, 7) is 1.98. The highest BCUT2D eigenvalue weighted by molar-refractivity contribution is 5.78. The lowest BCUT2D eigenvalue weighted by Gasteiger charge is -1.94. The lowest BCUT2D eigenvalue weighted by molar-refractivity contribution is 0.778. The highest BCUT2D eigenvalue weighted by atomic mass is 15.3. The van der Waals surface area contributed by atoms with E-state index in [9.17, 15) is 0 Å². The third kappa shape index (κ3) is 0.922. The number of pyridine rings is 1. The third-order valence-electron chi connectivity index (χ3n) is 1.80. The highest BCUT2D eigenvalue weighted by Gasteiger charge is 2.03. The predicted octanol–water partition coefficient (Wildman–Crippen LogP) is 0.859. The molecule has 0 fully saturated rings. The fourth-order valence-electron chi connectivity index (χ4n) is 1.30. The lowest BCUT2D eigenvalue weighted by Crippen LogP contribution is -1.91. The Balaban J connectivity index is 2.88. The van der Waals surface area contributed by atoms with Gasteiger partial charge in [0, 0.05) is 7.05 Å². The maximum atomic E-state index is 5.59. The summed E-state index contributed by atoms with van der Waals surface area (Å²) in [5, 5.41) is 4.25. The molecule has 0 saturated heterocycles. The van der Waals surface area contributed by atoms with E-state index in [0.717, 1.165) is 16.6 Å². The number of nitrogens with two attached hydrogens (primary N) is 1. The second kappa shape index (κ2) is 2.20. The van der Waals surface area contributed by atoms with E-state index >= 15 is 0 Å². The van der Waals surface area contributed by atoms with E-state index in [2.05, 4.69) is 10.1 Å². The van der Waals surface area contributed by atoms with Crippen molar-refractivity contribution in [3.05, 3.63) is 17.8 Å². The van der Waals surface area contributed by atoms with Gasteiger partial charge in [-0.2, -0.15) is 5.10 Å². The highest BCUT2D eigenvalue weighted by Crippen LogP contribution is 2.15. The standard InChI is InChI=1S/C8H10N4/c1-5-3-7(9)10-6-4-12(2)11-8(5)6/h3-4H,1-2H3,(H2,9,10). The zero-order valence-electron chi connectivity index (χ0n) is 7.07. The Labute approximate surface area is 70.0 Å². The molecule has 0 aliphatic carbocycles. The van der Waals surface area contributed by atoms with Crippen molar-refractivity contribution in [3.63, 3.8) is 0 Å². The smallest absolute Gasteiger partial charge is 0.124 e. The summed E-state index contributed by atoms with van der Waals surface area (Å²) in [5.41, 5.74) is 8.43. The Bertz CT molecular complexity index is 430. The maximum absolute atomic E-state index is 5.59. The van der Waals surface area contributed by atoms with Gasteiger partial charge >= 0.3 is 0 Å². The Kier molecular flexibility index (Phi) is 1.30. The molecule has 2 heterocycles. The van der Waals surface area contributed by atoms with Crippen molar-refractivity contribution in [3.8, 4) is 0 Å². The third-order valence-corrected chi connectivity index (χ3v) is 1.80. The molecule has 4 heteroatoms. The van der Waals surface area contributed by atoms with Gasteiger partial charge in [-0.1, -0.05) is 0 Å². The summed E-state index contributed by atoms with van der Waals surface area (Å²) in [5.74, 6) is 0.549. The quantitative estimate of drug-likeness (QED) is 0.625. The Morgan fingerprint density at radius 3 is 3.00 bits per heavy atom. The van der Waals surface area contributed by atoms with Crippen LogP contribution in [0, 0.1) is 6.92 Å². The molecular weight excluding hydrogens is 152 g/mol. The first-order chi connectivity index (χ1) is 5.66. The van der Waals surface area contributed by atoms with E-state index in [-0.39, 0.29) is 0 Å². The zero-order chi connectivity index (χ0) is 8.72. The molecule has 0 atom stereocenters. The minimum absolute atomic E-state index is 0.549. The van der Waals surface area contributed by atoms with E-state index in [1.54, 1.807) is 4.68 Å². The van der Waals surface area contributed by atoms with Crippen molar-refractivity contribution >= 4 is 16.9 Å². The fraction of sp³-hybridized carbons (Fsp3) is 0.250. The van der Waals surface area contributed by atoms with Crippen molar-refractivity contribution in [2.75, 3.05) is 5.73 Å². The topological polar surface area (TPSA) is 56.7 Å². The van der Waals surface area contributed by atoms with Gasteiger partial charge in [-0.25, -0.2) is 4.98 Å². The van der Waals surface area contributed by atoms with Gasteiger partial charge in [-0.3, -0.25) is 4.68 Å². The molecule has 0 saturated carbocycles. The monoisotopic (exact) mass is 162 g/mol. The first kappa shape index (κ1) is 7.09. The van der Waals surface area contributed by atoms with Gasteiger partial charge in [0.2, 0.25) is 0 Å². The molecule has 2 aromatic rings. The van der Waals surface area contributed by atoms with Crippen LogP contribution in [0.15, 0.2) is 12.3 Å². The SMILES string of the molecule is Cc1cc(N)nc2cn(C)nc12. The second-order valence-electron chi connectivity index (χ2n) is 2.90. The van der Waals surface area contributed by atoms with Gasteiger partial charge in [0.25, 0.3) is 0 Å². The molecular formula is C8H10N4. The first-order valence-corrected chi connectivity index (χ1v) is 3.73. The molecule has 0 aliphatic rings. The van der Waals surface area contributed by atoms with Gasteiger partial charge < -0.3 is 5.73 Å². The molecule has 2 aromatic heterocycles. The molecule has 62 valence electrons. The van der Waals surface area contributed by atoms with Crippen LogP contribution < -0.4 is 5.73 Å². The Hall–Kier alpha value is -1.58. The number of hydrogen-bond donors (Lipinski definition) is 1. The predicted molar refractivity (Wildman–Crippen MR) is 47.7 cm³/mol. The molecule has 0 aromatic carbocycles. The summed E-state index contributed by atoms with van der Waals surface area (Å²) in [4.78, 5) is 4.15. The van der Waals surface area contributed by atoms with Gasteiger partial charge in [-0.15, -0.1) is 0 Å². The maximum Gasteiger partial charge on any atom is 0.124 e. The van der Waals surface area contributed by atoms with Crippen molar-refractivity contribution in [2.24, 2.45) is 7.05 Å². The average Bonchev–Trinajstić information content (AvgIpc) is 2.29. The lowest BCUT2D eigenvalue weighted by atomic mass is 10.2. The normalized spacial score (nSPS) is 10.8. The average molecular weight is 162 g/mol. The molecule has 0 unspecified atom stereocenters. The number of nitrogen functional groups attached to an aromatic ring is 1. The van der Waals surface area contributed by atoms with Gasteiger partial charge in [0.05, 0.1) is 6.20 Å². The Morgan fingerprint density at radius 1 is 1.50 bits per heavy atom. The van der Waals surface area contributed by atoms with Gasteiger partial charge in [0.1, 0.15) is 16.9 Å². The van der Waals surface area contributed by atoms with E-state index in [0.29, 0.717) is 5.82 Å². The number of aryl methyl sites for hydroxylation is 2. The summed E-state index contributed by atoms with van der Waals surface area (Å²) in [6, 6.07) is 1.83. The van der Waals surface area contributed by atoms with Crippen LogP contribution in [0.4, 0.5) is 5.82 Å². The van der Waals surface area contributed by atoms with Crippen LogP contribution in [0.25, 0.3) is 11.0 Å². The molecule has 0 amide bonds. The summed E-state index contributed by atoms with van der Waals surface area (Å²) >= 11 is 0. The minimum Gasteiger partial charge on any atom is -0.384 e. The molecule has 0 aliphatic heterocycles. The van der Waals surface area contributed by atoms with Crippen LogP contribution >= 0.6 is 0 Å². The minimum atomic E-state index is 0.549. The number of aromatic nitrogens is 3. The van der Waals surface area contributed by atoms with Crippen LogP contribution in [0.3, 0.4) is 0 Å². The molecule has 4 nitrogen and oxygen atoms in total. The van der Waals surface area contributed by atoms with Crippen molar-refractivity contribution in [2.45, 2.75) is 6.92 Å². The number of fused-ring (bicyclic) bond motifs is 1. The molecule has 2 N–H and O–H groups in total. The van der Waals surface area contributed by atoms with E-state index in [1.165, 1.54) is 0 Å². The van der Waals surface area contributed by atoms with Crippen LogP contribution in [0.1, 0.15) is 5.56 Å². The zero-order valence-corrected chi connectivity index (χ0v) is 7.07. The van der Waals surface area contributed by atoms with E-state index in [1.807, 2.05) is 26.2 Å². The van der Waals surface area contributed by atoms with Gasteiger partial charge in [0.15, 0.2) is 0 Å². The number of nitrogens with zero attached hydrogens (tertiary/aromatic N) is 3. The molecule has 2 rings (SSSR count). The van der Waals surface area contributed by atoms with Crippen molar-refractivity contribution < 1.29 is 0 Å². The molecule has 0 spiro atoms. The van der Waals surface area contributed by atoms with Crippen LogP contribution in [0.5, 0.6) is 0 Å². The van der Waals surface area contributed by atoms with E-state index < -0.39 is 0 Å². The van der Waals surface area contributed by atoms with Crippen LogP contribution in [0.2, 0.25) is 0 Å². The second-order valence-corrected chi connectivity index (χ2v) is 2.90. The summed E-state index contributed by atoms with van der Waals surface area (Å²) in [7, 11) is 1.87. The van der Waals surface area contributed by atoms with E-state index in [4.69, 9.17) is 5.73 Å². The van der Waals surface area contributed by atoms with Crippen LogP contribution in [-0.4, -0.2) is 14.8 Å².